The predicted molar refractivity (Wildman–Crippen MR) is 102 cm³/mol. The summed E-state index contributed by atoms with van der Waals surface area (Å²) in [4.78, 5) is 31.4. The maximum atomic E-state index is 12.7. The first-order chi connectivity index (χ1) is 13.1. The van der Waals surface area contributed by atoms with Crippen LogP contribution >= 0.6 is 0 Å². The fraction of sp³-hybridized carbons (Fsp3) is 0.650. The van der Waals surface area contributed by atoms with Gasteiger partial charge in [0.2, 0.25) is 5.91 Å². The first kappa shape index (κ1) is 19.6. The van der Waals surface area contributed by atoms with E-state index >= 15 is 0 Å². The summed E-state index contributed by atoms with van der Waals surface area (Å²) < 4.78 is 5.88. The van der Waals surface area contributed by atoms with Crippen molar-refractivity contribution in [1.82, 2.24) is 20.5 Å². The molecule has 2 heterocycles. The summed E-state index contributed by atoms with van der Waals surface area (Å²) in [5.74, 6) is -0.0589. The molecule has 1 saturated carbocycles. The number of hydrogen-bond donors (Lipinski definition) is 2. The van der Waals surface area contributed by atoms with Crippen LogP contribution in [-0.2, 0) is 16.1 Å². The van der Waals surface area contributed by atoms with Crippen molar-refractivity contribution in [1.29, 1.82) is 0 Å². The third-order valence-corrected chi connectivity index (χ3v) is 5.53. The largest absolute Gasteiger partial charge is 0.374 e. The van der Waals surface area contributed by atoms with Crippen molar-refractivity contribution >= 4 is 11.9 Å². The Morgan fingerprint density at radius 2 is 2.19 bits per heavy atom. The van der Waals surface area contributed by atoms with Crippen molar-refractivity contribution < 1.29 is 14.3 Å². The van der Waals surface area contributed by atoms with Crippen molar-refractivity contribution in [2.24, 2.45) is 5.92 Å². The smallest absolute Gasteiger partial charge is 0.317 e. The third-order valence-electron chi connectivity index (χ3n) is 5.53. The highest BCUT2D eigenvalue weighted by Gasteiger charge is 2.41. The summed E-state index contributed by atoms with van der Waals surface area (Å²) in [5, 5.41) is 5.98. The van der Waals surface area contributed by atoms with Crippen molar-refractivity contribution in [3.8, 4) is 0 Å². The number of nitrogens with one attached hydrogen (secondary N) is 2. The van der Waals surface area contributed by atoms with Gasteiger partial charge >= 0.3 is 6.03 Å². The van der Waals surface area contributed by atoms with Crippen LogP contribution in [0.25, 0.3) is 0 Å². The average molecular weight is 374 g/mol. The van der Waals surface area contributed by atoms with E-state index < -0.39 is 0 Å². The minimum absolute atomic E-state index is 0.0308. The lowest BCUT2D eigenvalue weighted by molar-refractivity contribution is -0.131. The molecule has 0 aromatic carbocycles. The van der Waals surface area contributed by atoms with E-state index in [2.05, 4.69) is 15.6 Å². The van der Waals surface area contributed by atoms with E-state index in [0.29, 0.717) is 32.7 Å². The Morgan fingerprint density at radius 1 is 1.33 bits per heavy atom. The zero-order chi connectivity index (χ0) is 19.2. The Bertz CT molecular complexity index is 666. The van der Waals surface area contributed by atoms with Gasteiger partial charge in [0.25, 0.3) is 0 Å². The Balaban J connectivity index is 1.58. The van der Waals surface area contributed by atoms with Gasteiger partial charge in [-0.1, -0.05) is 13.0 Å². The number of urea groups is 1. The van der Waals surface area contributed by atoms with Gasteiger partial charge in [0, 0.05) is 25.2 Å². The summed E-state index contributed by atoms with van der Waals surface area (Å²) in [7, 11) is 0. The second-order valence-corrected chi connectivity index (χ2v) is 7.40. The molecule has 7 nitrogen and oxygen atoms in total. The van der Waals surface area contributed by atoms with Gasteiger partial charge in [-0.15, -0.1) is 0 Å². The van der Waals surface area contributed by atoms with E-state index in [4.69, 9.17) is 4.74 Å². The van der Waals surface area contributed by atoms with Crippen molar-refractivity contribution in [3.63, 3.8) is 0 Å². The molecule has 3 rings (SSSR count). The molecule has 0 radical (unpaired) electrons. The third kappa shape index (κ3) is 4.77. The lowest BCUT2D eigenvalue weighted by atomic mass is 9.81. The van der Waals surface area contributed by atoms with Crippen LogP contribution in [0, 0.1) is 12.8 Å². The fourth-order valence-corrected chi connectivity index (χ4v) is 3.95. The van der Waals surface area contributed by atoms with Gasteiger partial charge in [-0.05, 0) is 44.2 Å². The number of aromatic nitrogens is 1. The second-order valence-electron chi connectivity index (χ2n) is 7.40. The lowest BCUT2D eigenvalue weighted by Crippen LogP contribution is -2.59. The molecule has 1 aromatic heterocycles. The molecule has 1 aliphatic heterocycles. The molecular formula is C20H30N4O3. The molecule has 0 bridgehead atoms. The Kier molecular flexibility index (Phi) is 6.66. The molecule has 1 saturated heterocycles. The first-order valence-corrected chi connectivity index (χ1v) is 9.94. The number of carbonyl (C=O) groups excluding carboxylic acids is 2. The summed E-state index contributed by atoms with van der Waals surface area (Å²) in [6, 6.07) is 3.81. The fourth-order valence-electron chi connectivity index (χ4n) is 3.95. The van der Waals surface area contributed by atoms with Crippen molar-refractivity contribution in [2.75, 3.05) is 19.7 Å². The molecule has 2 N–H and O–H groups in total. The van der Waals surface area contributed by atoms with E-state index in [1.807, 2.05) is 30.9 Å². The van der Waals surface area contributed by atoms with Crippen LogP contribution in [-0.4, -0.2) is 53.7 Å². The molecule has 0 spiro atoms. The van der Waals surface area contributed by atoms with Crippen LogP contribution in [0.1, 0.15) is 43.9 Å². The maximum Gasteiger partial charge on any atom is 0.317 e. The molecular weight excluding hydrogens is 344 g/mol. The Labute approximate surface area is 160 Å². The molecule has 2 aliphatic rings. The zero-order valence-corrected chi connectivity index (χ0v) is 16.2. The quantitative estimate of drug-likeness (QED) is 0.826. The molecule has 3 amide bonds. The highest BCUT2D eigenvalue weighted by molar-refractivity contribution is 5.79. The van der Waals surface area contributed by atoms with Gasteiger partial charge in [-0.3, -0.25) is 9.78 Å². The summed E-state index contributed by atoms with van der Waals surface area (Å²) in [6.07, 6.45) is 4.93. The SMILES string of the molecule is CCCNC(=O)N1CCO[C@@H]2CC[C@H](C(=O)NCc3ncccc3C)C[C@H]21. The van der Waals surface area contributed by atoms with Crippen molar-refractivity contribution in [3.05, 3.63) is 29.6 Å². The van der Waals surface area contributed by atoms with Crippen LogP contribution in [0.3, 0.4) is 0 Å². The summed E-state index contributed by atoms with van der Waals surface area (Å²) >= 11 is 0. The van der Waals surface area contributed by atoms with E-state index in [-0.39, 0.29) is 30.0 Å². The highest BCUT2D eigenvalue weighted by atomic mass is 16.5. The molecule has 1 aliphatic carbocycles. The van der Waals surface area contributed by atoms with Crippen LogP contribution in [0.15, 0.2) is 18.3 Å². The molecule has 0 unspecified atom stereocenters. The van der Waals surface area contributed by atoms with E-state index in [1.165, 1.54) is 0 Å². The van der Waals surface area contributed by atoms with Crippen molar-refractivity contribution in [2.45, 2.75) is 58.2 Å². The number of carbonyl (C=O) groups is 2. The van der Waals surface area contributed by atoms with Gasteiger partial charge in [0.15, 0.2) is 0 Å². The molecule has 2 fully saturated rings. The topological polar surface area (TPSA) is 83.6 Å². The predicted octanol–water partition coefficient (Wildman–Crippen LogP) is 2.00. The second kappa shape index (κ2) is 9.17. The van der Waals surface area contributed by atoms with E-state index in [0.717, 1.165) is 30.5 Å². The van der Waals surface area contributed by atoms with E-state index in [9.17, 15) is 9.59 Å². The minimum Gasteiger partial charge on any atom is -0.374 e. The lowest BCUT2D eigenvalue weighted by Gasteiger charge is -2.45. The molecule has 27 heavy (non-hydrogen) atoms. The molecule has 3 atom stereocenters. The number of fused-ring (bicyclic) bond motifs is 1. The van der Waals surface area contributed by atoms with Gasteiger partial charge < -0.3 is 20.3 Å². The Morgan fingerprint density at radius 3 is 2.96 bits per heavy atom. The number of ether oxygens (including phenoxy) is 1. The number of morpholine rings is 1. The maximum absolute atomic E-state index is 12.7. The molecule has 7 heteroatoms. The van der Waals surface area contributed by atoms with Gasteiger partial charge in [-0.25, -0.2) is 4.79 Å². The molecule has 1 aromatic rings. The van der Waals surface area contributed by atoms with Gasteiger partial charge in [0.1, 0.15) is 0 Å². The highest BCUT2D eigenvalue weighted by Crippen LogP contribution is 2.32. The zero-order valence-electron chi connectivity index (χ0n) is 16.2. The number of pyridine rings is 1. The average Bonchev–Trinajstić information content (AvgIpc) is 2.70. The summed E-state index contributed by atoms with van der Waals surface area (Å²) in [5.41, 5.74) is 1.96. The van der Waals surface area contributed by atoms with Gasteiger partial charge in [-0.2, -0.15) is 0 Å². The number of rotatable bonds is 5. The number of amides is 3. The number of hydrogen-bond acceptors (Lipinski definition) is 4. The van der Waals surface area contributed by atoms with Crippen LogP contribution in [0.4, 0.5) is 4.79 Å². The monoisotopic (exact) mass is 374 g/mol. The first-order valence-electron chi connectivity index (χ1n) is 9.94. The minimum atomic E-state index is -0.0987. The molecule has 148 valence electrons. The number of nitrogens with zero attached hydrogens (tertiary/aromatic N) is 2. The summed E-state index contributed by atoms with van der Waals surface area (Å²) in [6.45, 7) is 6.28. The van der Waals surface area contributed by atoms with Gasteiger partial charge in [0.05, 0.1) is 31.0 Å². The van der Waals surface area contributed by atoms with E-state index in [1.54, 1.807) is 6.20 Å². The van der Waals surface area contributed by atoms with Crippen LogP contribution in [0.5, 0.6) is 0 Å². The normalized spacial score (nSPS) is 24.8. The van der Waals surface area contributed by atoms with Crippen LogP contribution in [0.2, 0.25) is 0 Å². The van der Waals surface area contributed by atoms with Crippen LogP contribution < -0.4 is 10.6 Å². The standard InChI is InChI=1S/C20H30N4O3/c1-3-8-22-20(26)24-10-11-27-18-7-6-15(12-17(18)24)19(25)23-13-16-14(2)5-4-9-21-16/h4-5,9,15,17-18H,3,6-8,10-13H2,1-2H3,(H,22,26)(H,23,25)/t15-,17+,18+/m0/s1. The Hall–Kier alpha value is -2.15. The number of aryl methyl sites for hydroxylation is 1.